The van der Waals surface area contributed by atoms with E-state index in [-0.39, 0.29) is 0 Å². The number of hydrogen-bond donors (Lipinski definition) is 2. The predicted molar refractivity (Wildman–Crippen MR) is 64.4 cm³/mol. The Kier molecular flexibility index (Phi) is 11.2. The Morgan fingerprint density at radius 1 is 1.38 bits per heavy atom. The second-order valence-electron chi connectivity index (χ2n) is 3.70. The Hall–Kier alpha value is -1.13. The average molecular weight is 230 g/mol. The predicted octanol–water partition coefficient (Wildman–Crippen LogP) is 2.00. The van der Waals surface area contributed by atoms with Gasteiger partial charge in [0.25, 0.3) is 5.97 Å². The van der Waals surface area contributed by atoms with Gasteiger partial charge in [0.05, 0.1) is 19.3 Å². The van der Waals surface area contributed by atoms with Crippen molar-refractivity contribution in [3.8, 4) is 0 Å². The Bertz CT molecular complexity index is 235. The van der Waals surface area contributed by atoms with Crippen molar-refractivity contribution in [3.63, 3.8) is 0 Å². The van der Waals surface area contributed by atoms with Gasteiger partial charge >= 0.3 is 0 Å². The molecule has 0 fully saturated rings. The van der Waals surface area contributed by atoms with Crippen LogP contribution in [0.5, 0.6) is 0 Å². The highest BCUT2D eigenvalue weighted by atomic mass is 16.5. The lowest BCUT2D eigenvalue weighted by molar-refractivity contribution is -0.134. The van der Waals surface area contributed by atoms with Gasteiger partial charge in [-0.25, -0.2) is 0 Å². The minimum atomic E-state index is -0.833. The first-order valence-corrected chi connectivity index (χ1v) is 5.01. The second-order valence-corrected chi connectivity index (χ2v) is 3.70. The lowest BCUT2D eigenvalue weighted by Crippen LogP contribution is -2.15. The molecule has 0 aromatic carbocycles. The van der Waals surface area contributed by atoms with Crippen molar-refractivity contribution in [2.24, 2.45) is 0 Å². The molecule has 0 radical (unpaired) electrons. The number of carbonyl (C=O) groups is 1. The zero-order chi connectivity index (χ0) is 13.1. The van der Waals surface area contributed by atoms with Crippen LogP contribution < -0.4 is 0 Å². The summed E-state index contributed by atoms with van der Waals surface area (Å²) in [6.45, 7) is 11.4. The van der Waals surface area contributed by atoms with Crippen LogP contribution >= 0.6 is 0 Å². The maximum absolute atomic E-state index is 9.25. The third-order valence-corrected chi connectivity index (χ3v) is 1.45. The highest BCUT2D eigenvalue weighted by Gasteiger charge is 2.02. The van der Waals surface area contributed by atoms with Gasteiger partial charge in [-0.1, -0.05) is 18.2 Å². The molecule has 4 heteroatoms. The third kappa shape index (κ3) is 18.6. The number of allylic oxidation sites excluding steroid dienone is 1. The van der Waals surface area contributed by atoms with E-state index >= 15 is 0 Å². The number of ether oxygens (including phenoxy) is 1. The van der Waals surface area contributed by atoms with Crippen LogP contribution in [0.25, 0.3) is 0 Å². The van der Waals surface area contributed by atoms with Gasteiger partial charge in [0, 0.05) is 6.92 Å². The fraction of sp³-hybridized carbons (Fsp3) is 0.583. The van der Waals surface area contributed by atoms with Gasteiger partial charge in [-0.05, 0) is 26.3 Å². The van der Waals surface area contributed by atoms with E-state index in [1.54, 1.807) is 6.92 Å². The molecule has 0 aliphatic carbocycles. The summed E-state index contributed by atoms with van der Waals surface area (Å²) in [7, 11) is 0. The Balaban J connectivity index is 0. The maximum Gasteiger partial charge on any atom is 0.300 e. The topological polar surface area (TPSA) is 66.8 Å². The Labute approximate surface area is 97.2 Å². The van der Waals surface area contributed by atoms with Crippen LogP contribution in [-0.4, -0.2) is 35.5 Å². The van der Waals surface area contributed by atoms with E-state index in [4.69, 9.17) is 14.6 Å². The van der Waals surface area contributed by atoms with E-state index in [1.807, 2.05) is 19.9 Å². The zero-order valence-corrected chi connectivity index (χ0v) is 10.5. The summed E-state index contributed by atoms with van der Waals surface area (Å²) in [5, 5.41) is 16.7. The molecule has 0 saturated carbocycles. The summed E-state index contributed by atoms with van der Waals surface area (Å²) in [6.07, 6.45) is 1.45. The number of aliphatic hydroxyl groups is 1. The third-order valence-electron chi connectivity index (χ3n) is 1.45. The minimum absolute atomic E-state index is 0.332. The molecule has 0 aliphatic heterocycles. The number of rotatable bonds is 5. The summed E-state index contributed by atoms with van der Waals surface area (Å²) < 4.78 is 5.18. The lowest BCUT2D eigenvalue weighted by Gasteiger charge is -2.09. The molecule has 1 atom stereocenters. The van der Waals surface area contributed by atoms with E-state index < -0.39 is 12.1 Å². The first-order valence-electron chi connectivity index (χ1n) is 5.01. The molecule has 0 bridgehead atoms. The van der Waals surface area contributed by atoms with Crippen molar-refractivity contribution in [1.29, 1.82) is 0 Å². The average Bonchev–Trinajstić information content (AvgIpc) is 2.10. The van der Waals surface area contributed by atoms with Gasteiger partial charge in [0.2, 0.25) is 0 Å². The van der Waals surface area contributed by atoms with Crippen molar-refractivity contribution in [2.75, 3.05) is 13.2 Å². The van der Waals surface area contributed by atoms with E-state index in [0.717, 1.165) is 12.5 Å². The SMILES string of the molecule is C=C(C)C(O)COCC=C(C)C.CC(=O)O. The van der Waals surface area contributed by atoms with Gasteiger partial charge in [0.1, 0.15) is 0 Å². The van der Waals surface area contributed by atoms with Gasteiger partial charge < -0.3 is 14.9 Å². The number of carboxylic acid groups (broad SMARTS) is 1. The molecule has 0 saturated heterocycles. The number of aliphatic hydroxyl groups excluding tert-OH is 1. The molecule has 0 rings (SSSR count). The summed E-state index contributed by atoms with van der Waals surface area (Å²) in [5.41, 5.74) is 1.96. The molecular formula is C12H22O4. The van der Waals surface area contributed by atoms with Crippen molar-refractivity contribution in [2.45, 2.75) is 33.8 Å². The minimum Gasteiger partial charge on any atom is -0.481 e. The zero-order valence-electron chi connectivity index (χ0n) is 10.5. The van der Waals surface area contributed by atoms with Crippen molar-refractivity contribution >= 4 is 5.97 Å². The van der Waals surface area contributed by atoms with Gasteiger partial charge in [-0.3, -0.25) is 4.79 Å². The number of aliphatic carboxylic acids is 1. The van der Waals surface area contributed by atoms with Crippen LogP contribution in [0.1, 0.15) is 27.7 Å². The first kappa shape index (κ1) is 17.3. The second kappa shape index (κ2) is 10.4. The van der Waals surface area contributed by atoms with E-state index in [2.05, 4.69) is 6.58 Å². The summed E-state index contributed by atoms with van der Waals surface area (Å²) in [4.78, 5) is 9.00. The van der Waals surface area contributed by atoms with Crippen LogP contribution in [0, 0.1) is 0 Å². The molecule has 2 N–H and O–H groups in total. The molecule has 0 aromatic rings. The van der Waals surface area contributed by atoms with E-state index in [1.165, 1.54) is 5.57 Å². The van der Waals surface area contributed by atoms with Gasteiger partial charge in [-0.15, -0.1) is 0 Å². The molecule has 0 aromatic heterocycles. The molecule has 16 heavy (non-hydrogen) atoms. The standard InChI is InChI=1S/C10H18O2.C2H4O2/c1-8(2)5-6-12-7-10(11)9(3)4;1-2(3)4/h5,10-11H,3,6-7H2,1-2,4H3;1H3,(H,3,4). The van der Waals surface area contributed by atoms with Crippen LogP contribution in [0.2, 0.25) is 0 Å². The summed E-state index contributed by atoms with van der Waals surface area (Å²) in [6, 6.07) is 0. The first-order chi connectivity index (χ1) is 7.27. The fourth-order valence-corrected chi connectivity index (χ4v) is 0.548. The molecule has 1 unspecified atom stereocenters. The molecule has 4 nitrogen and oxygen atoms in total. The highest BCUT2D eigenvalue weighted by molar-refractivity contribution is 5.62. The quantitative estimate of drug-likeness (QED) is 0.560. The van der Waals surface area contributed by atoms with Crippen LogP contribution in [-0.2, 0) is 9.53 Å². The molecule has 94 valence electrons. The van der Waals surface area contributed by atoms with Crippen molar-refractivity contribution in [1.82, 2.24) is 0 Å². The van der Waals surface area contributed by atoms with Gasteiger partial charge in [-0.2, -0.15) is 0 Å². The Morgan fingerprint density at radius 2 is 1.81 bits per heavy atom. The number of hydrogen-bond acceptors (Lipinski definition) is 3. The van der Waals surface area contributed by atoms with Crippen LogP contribution in [0.15, 0.2) is 23.8 Å². The largest absolute Gasteiger partial charge is 0.481 e. The monoisotopic (exact) mass is 230 g/mol. The molecule has 0 aliphatic rings. The summed E-state index contributed by atoms with van der Waals surface area (Å²) >= 11 is 0. The van der Waals surface area contributed by atoms with Crippen molar-refractivity contribution < 1.29 is 19.7 Å². The van der Waals surface area contributed by atoms with Crippen LogP contribution in [0.3, 0.4) is 0 Å². The van der Waals surface area contributed by atoms with Crippen molar-refractivity contribution in [3.05, 3.63) is 23.8 Å². The maximum atomic E-state index is 9.25. The normalized spacial score (nSPS) is 10.8. The van der Waals surface area contributed by atoms with Crippen LogP contribution in [0.4, 0.5) is 0 Å². The Morgan fingerprint density at radius 3 is 2.12 bits per heavy atom. The van der Waals surface area contributed by atoms with E-state index in [9.17, 15) is 5.11 Å². The fourth-order valence-electron chi connectivity index (χ4n) is 0.548. The summed E-state index contributed by atoms with van der Waals surface area (Å²) in [5.74, 6) is -0.833. The number of carboxylic acids is 1. The highest BCUT2D eigenvalue weighted by Crippen LogP contribution is 1.98. The lowest BCUT2D eigenvalue weighted by atomic mass is 10.2. The van der Waals surface area contributed by atoms with E-state index in [0.29, 0.717) is 13.2 Å². The molecular weight excluding hydrogens is 208 g/mol. The molecule has 0 spiro atoms. The van der Waals surface area contributed by atoms with Gasteiger partial charge in [0.15, 0.2) is 0 Å². The molecule has 0 amide bonds. The molecule has 0 heterocycles. The smallest absolute Gasteiger partial charge is 0.300 e.